The van der Waals surface area contributed by atoms with E-state index in [1.165, 1.54) is 18.2 Å². The van der Waals surface area contributed by atoms with Gasteiger partial charge >= 0.3 is 15.8 Å². The van der Waals surface area contributed by atoms with Crippen LogP contribution in [0.1, 0.15) is 31.7 Å². The lowest BCUT2D eigenvalue weighted by Gasteiger charge is -2.10. The Morgan fingerprint density at radius 2 is 1.77 bits per heavy atom. The van der Waals surface area contributed by atoms with Crippen molar-refractivity contribution in [1.29, 1.82) is 0 Å². The summed E-state index contributed by atoms with van der Waals surface area (Å²) in [5, 5.41) is 11.2. The summed E-state index contributed by atoms with van der Waals surface area (Å²) in [6.45, 7) is 3.60. The highest BCUT2D eigenvalue weighted by Crippen LogP contribution is 2.34. The molecular formula is C18H21NO6S. The minimum absolute atomic E-state index is 0.0602. The van der Waals surface area contributed by atoms with Gasteiger partial charge in [0.25, 0.3) is 0 Å². The summed E-state index contributed by atoms with van der Waals surface area (Å²) >= 11 is 0. The van der Waals surface area contributed by atoms with Gasteiger partial charge in [-0.1, -0.05) is 38.0 Å². The molecule has 2 aromatic rings. The van der Waals surface area contributed by atoms with Crippen LogP contribution in [0.2, 0.25) is 0 Å². The molecule has 2 rings (SSSR count). The topological polar surface area (TPSA) is 95.7 Å². The van der Waals surface area contributed by atoms with Crippen molar-refractivity contribution in [2.75, 3.05) is 5.75 Å². The lowest BCUT2D eigenvalue weighted by Crippen LogP contribution is -2.13. The van der Waals surface area contributed by atoms with Crippen molar-refractivity contribution in [2.45, 2.75) is 33.1 Å². The van der Waals surface area contributed by atoms with Crippen LogP contribution in [0.15, 0.2) is 42.5 Å². The maximum Gasteiger partial charge on any atom is 0.314 e. The molecule has 0 spiro atoms. The molecule has 0 atom stereocenters. The van der Waals surface area contributed by atoms with Crippen molar-refractivity contribution >= 4 is 15.8 Å². The van der Waals surface area contributed by atoms with Gasteiger partial charge in [0, 0.05) is 11.6 Å². The first kappa shape index (κ1) is 19.7. The fraction of sp³-hybridized carbons (Fsp3) is 0.333. The second-order valence-corrected chi connectivity index (χ2v) is 7.50. The zero-order valence-electron chi connectivity index (χ0n) is 14.7. The zero-order chi connectivity index (χ0) is 19.2. The normalized spacial score (nSPS) is 11.2. The molecule has 2 aromatic carbocycles. The summed E-state index contributed by atoms with van der Waals surface area (Å²) in [4.78, 5) is 10.7. The molecule has 0 saturated heterocycles. The predicted octanol–water partition coefficient (Wildman–Crippen LogP) is 4.59. The molecule has 0 bridgehead atoms. The third-order valence-corrected chi connectivity index (χ3v) is 4.87. The Hall–Kier alpha value is -2.61. The molecule has 0 fully saturated rings. The molecule has 0 radical (unpaired) electrons. The minimum Gasteiger partial charge on any atom is -0.450 e. The summed E-state index contributed by atoms with van der Waals surface area (Å²) < 4.78 is 34.6. The van der Waals surface area contributed by atoms with Crippen LogP contribution >= 0.6 is 0 Å². The third-order valence-electron chi connectivity index (χ3n) is 3.64. The number of benzene rings is 2. The SMILES string of the molecule is CCCCCS(=O)(=O)Oc1cccc(Oc2cccc(C)c2[N+](=O)[O-])c1. The molecule has 140 valence electrons. The van der Waals surface area contributed by atoms with E-state index in [1.54, 1.807) is 31.2 Å². The van der Waals surface area contributed by atoms with Crippen molar-refractivity contribution in [1.82, 2.24) is 0 Å². The largest absolute Gasteiger partial charge is 0.450 e. The van der Waals surface area contributed by atoms with Gasteiger partial charge in [0.1, 0.15) is 11.5 Å². The van der Waals surface area contributed by atoms with E-state index >= 15 is 0 Å². The number of aryl methyl sites for hydroxylation is 1. The van der Waals surface area contributed by atoms with Crippen LogP contribution in [0.5, 0.6) is 17.2 Å². The van der Waals surface area contributed by atoms with Gasteiger partial charge in [-0.2, -0.15) is 8.42 Å². The van der Waals surface area contributed by atoms with Gasteiger partial charge in [-0.15, -0.1) is 0 Å². The van der Waals surface area contributed by atoms with E-state index < -0.39 is 15.0 Å². The maximum absolute atomic E-state index is 12.0. The highest BCUT2D eigenvalue weighted by atomic mass is 32.2. The van der Waals surface area contributed by atoms with Crippen LogP contribution < -0.4 is 8.92 Å². The minimum atomic E-state index is -3.69. The smallest absolute Gasteiger partial charge is 0.314 e. The first-order chi connectivity index (χ1) is 12.3. The number of unbranched alkanes of at least 4 members (excludes halogenated alkanes) is 2. The number of para-hydroxylation sites is 1. The quantitative estimate of drug-likeness (QED) is 0.273. The third kappa shape index (κ3) is 5.45. The maximum atomic E-state index is 12.0. The van der Waals surface area contributed by atoms with Gasteiger partial charge in [0.2, 0.25) is 5.75 Å². The highest BCUT2D eigenvalue weighted by Gasteiger charge is 2.19. The lowest BCUT2D eigenvalue weighted by molar-refractivity contribution is -0.386. The van der Waals surface area contributed by atoms with E-state index in [4.69, 9.17) is 8.92 Å². The molecule has 26 heavy (non-hydrogen) atoms. The molecule has 0 aliphatic heterocycles. The summed E-state index contributed by atoms with van der Waals surface area (Å²) in [6, 6.07) is 10.8. The van der Waals surface area contributed by atoms with Gasteiger partial charge in [-0.25, -0.2) is 0 Å². The van der Waals surface area contributed by atoms with Crippen molar-refractivity contribution in [3.05, 3.63) is 58.1 Å². The number of ether oxygens (including phenoxy) is 1. The average Bonchev–Trinajstić information content (AvgIpc) is 2.54. The Morgan fingerprint density at radius 3 is 2.46 bits per heavy atom. The molecule has 0 N–H and O–H groups in total. The first-order valence-corrected chi connectivity index (χ1v) is 9.84. The van der Waals surface area contributed by atoms with Crippen LogP contribution in [0.4, 0.5) is 5.69 Å². The number of nitro benzene ring substituents is 1. The lowest BCUT2D eigenvalue weighted by atomic mass is 10.2. The molecule has 0 aliphatic carbocycles. The first-order valence-electron chi connectivity index (χ1n) is 8.26. The van der Waals surface area contributed by atoms with Gasteiger partial charge in [-0.3, -0.25) is 10.1 Å². The Morgan fingerprint density at radius 1 is 1.08 bits per heavy atom. The molecule has 0 saturated carbocycles. The van der Waals surface area contributed by atoms with Crippen molar-refractivity contribution < 1.29 is 22.3 Å². The Bertz CT molecular complexity index is 879. The molecule has 0 aromatic heterocycles. The van der Waals surface area contributed by atoms with Crippen molar-refractivity contribution in [3.8, 4) is 17.2 Å². The van der Waals surface area contributed by atoms with E-state index in [9.17, 15) is 18.5 Å². The second-order valence-electron chi connectivity index (χ2n) is 5.81. The van der Waals surface area contributed by atoms with Crippen LogP contribution in [-0.4, -0.2) is 19.1 Å². The number of nitro groups is 1. The molecule has 0 aliphatic rings. The second kappa shape index (κ2) is 8.66. The van der Waals surface area contributed by atoms with Crippen LogP contribution in [0.3, 0.4) is 0 Å². The van der Waals surface area contributed by atoms with Crippen LogP contribution in [0.25, 0.3) is 0 Å². The van der Waals surface area contributed by atoms with Gasteiger partial charge in [-0.05, 0) is 31.5 Å². The number of rotatable bonds is 9. The van der Waals surface area contributed by atoms with Crippen LogP contribution in [-0.2, 0) is 10.1 Å². The molecule has 8 heteroatoms. The van der Waals surface area contributed by atoms with E-state index in [1.807, 2.05) is 6.92 Å². The van der Waals surface area contributed by atoms with Gasteiger partial charge < -0.3 is 8.92 Å². The molecule has 7 nitrogen and oxygen atoms in total. The number of nitrogens with zero attached hydrogens (tertiary/aromatic N) is 1. The van der Waals surface area contributed by atoms with E-state index in [2.05, 4.69) is 0 Å². The fourth-order valence-corrected chi connectivity index (χ4v) is 3.42. The van der Waals surface area contributed by atoms with Crippen LogP contribution in [0, 0.1) is 17.0 Å². The van der Waals surface area contributed by atoms with Crippen molar-refractivity contribution in [3.63, 3.8) is 0 Å². The Balaban J connectivity index is 2.18. The monoisotopic (exact) mass is 379 g/mol. The van der Waals surface area contributed by atoms with Gasteiger partial charge in [0.15, 0.2) is 0 Å². The Labute approximate surface area is 152 Å². The predicted molar refractivity (Wildman–Crippen MR) is 98.3 cm³/mol. The summed E-state index contributed by atoms with van der Waals surface area (Å²) in [5.41, 5.74) is 0.337. The zero-order valence-corrected chi connectivity index (χ0v) is 15.5. The van der Waals surface area contributed by atoms with E-state index in [-0.39, 0.29) is 28.7 Å². The Kier molecular flexibility index (Phi) is 6.57. The summed E-state index contributed by atoms with van der Waals surface area (Å²) in [5.74, 6) is 0.377. The average molecular weight is 379 g/mol. The highest BCUT2D eigenvalue weighted by molar-refractivity contribution is 7.87. The van der Waals surface area contributed by atoms with E-state index in [0.29, 0.717) is 12.0 Å². The molecular weight excluding hydrogens is 358 g/mol. The van der Waals surface area contributed by atoms with Crippen molar-refractivity contribution in [2.24, 2.45) is 0 Å². The van der Waals surface area contributed by atoms with Gasteiger partial charge in [0.05, 0.1) is 10.7 Å². The number of hydrogen-bond donors (Lipinski definition) is 0. The summed E-state index contributed by atoms with van der Waals surface area (Å²) in [7, 11) is -3.69. The number of hydrogen-bond acceptors (Lipinski definition) is 6. The van der Waals surface area contributed by atoms with E-state index in [0.717, 1.165) is 12.8 Å². The summed E-state index contributed by atoms with van der Waals surface area (Å²) in [6.07, 6.45) is 2.25. The molecule has 0 heterocycles. The molecule has 0 unspecified atom stereocenters. The standard InChI is InChI=1S/C18H21NO6S/c1-3-4-5-12-26(22,23)25-16-10-7-9-15(13-16)24-17-11-6-8-14(2)18(17)19(20)21/h6-11,13H,3-5,12H2,1-2H3. The molecule has 0 amide bonds. The fourth-order valence-electron chi connectivity index (χ4n) is 2.38.